The fraction of sp³-hybridized carbons (Fsp3) is 0.647. The van der Waals surface area contributed by atoms with E-state index in [4.69, 9.17) is 4.74 Å². The number of rotatable bonds is 7. The minimum atomic E-state index is -0.675. The topological polar surface area (TPSA) is 62.7 Å². The number of nitrogens with zero attached hydrogens (tertiary/aromatic N) is 2. The monoisotopic (exact) mass is 306 g/mol. The SMILES string of the molecule is COCCC[C@]1(C(=O)O)CCCN(Cc2ncccc2C)C1. The molecule has 0 bridgehead atoms. The predicted octanol–water partition coefficient (Wildman–Crippen LogP) is 2.48. The first-order valence-electron chi connectivity index (χ1n) is 7.92. The normalized spacial score (nSPS) is 22.6. The number of aryl methyl sites for hydroxylation is 1. The fourth-order valence-corrected chi connectivity index (χ4v) is 3.30. The van der Waals surface area contributed by atoms with Crippen LogP contribution in [0.5, 0.6) is 0 Å². The van der Waals surface area contributed by atoms with E-state index in [9.17, 15) is 9.90 Å². The van der Waals surface area contributed by atoms with Crippen LogP contribution >= 0.6 is 0 Å². The molecular weight excluding hydrogens is 280 g/mol. The summed E-state index contributed by atoms with van der Waals surface area (Å²) in [7, 11) is 1.66. The van der Waals surface area contributed by atoms with E-state index in [2.05, 4.69) is 22.9 Å². The Balaban J connectivity index is 2.05. The van der Waals surface area contributed by atoms with Crippen LogP contribution in [0.4, 0.5) is 0 Å². The van der Waals surface area contributed by atoms with Crippen molar-refractivity contribution >= 4 is 5.97 Å². The molecule has 1 N–H and O–H groups in total. The molecule has 0 radical (unpaired) electrons. The van der Waals surface area contributed by atoms with Crippen molar-refractivity contribution in [3.05, 3.63) is 29.6 Å². The van der Waals surface area contributed by atoms with E-state index in [-0.39, 0.29) is 0 Å². The van der Waals surface area contributed by atoms with Gasteiger partial charge in [-0.25, -0.2) is 0 Å². The van der Waals surface area contributed by atoms with E-state index >= 15 is 0 Å². The van der Waals surface area contributed by atoms with Gasteiger partial charge in [0.2, 0.25) is 0 Å². The Morgan fingerprint density at radius 2 is 2.36 bits per heavy atom. The molecule has 1 atom stereocenters. The number of hydrogen-bond acceptors (Lipinski definition) is 4. The third kappa shape index (κ3) is 4.05. The first kappa shape index (κ1) is 16.9. The second-order valence-corrected chi connectivity index (χ2v) is 6.26. The zero-order valence-electron chi connectivity index (χ0n) is 13.5. The van der Waals surface area contributed by atoms with Crippen molar-refractivity contribution in [1.82, 2.24) is 9.88 Å². The van der Waals surface area contributed by atoms with Gasteiger partial charge in [-0.3, -0.25) is 14.7 Å². The molecule has 0 amide bonds. The number of ether oxygens (including phenoxy) is 1. The Kier molecular flexibility index (Phi) is 5.91. The van der Waals surface area contributed by atoms with Crippen LogP contribution in [-0.4, -0.2) is 47.8 Å². The van der Waals surface area contributed by atoms with Crippen molar-refractivity contribution in [2.75, 3.05) is 26.8 Å². The number of methoxy groups -OCH3 is 1. The summed E-state index contributed by atoms with van der Waals surface area (Å²) in [6, 6.07) is 3.98. The van der Waals surface area contributed by atoms with Gasteiger partial charge in [-0.1, -0.05) is 6.07 Å². The van der Waals surface area contributed by atoms with Crippen LogP contribution in [0, 0.1) is 12.3 Å². The minimum absolute atomic E-state index is 0.599. The lowest BCUT2D eigenvalue weighted by atomic mass is 9.76. The summed E-state index contributed by atoms with van der Waals surface area (Å²) in [6.45, 7) is 4.94. The van der Waals surface area contributed by atoms with Gasteiger partial charge in [-0.15, -0.1) is 0 Å². The largest absolute Gasteiger partial charge is 0.481 e. The van der Waals surface area contributed by atoms with Crippen molar-refractivity contribution in [1.29, 1.82) is 0 Å². The lowest BCUT2D eigenvalue weighted by Gasteiger charge is -2.40. The maximum Gasteiger partial charge on any atom is 0.310 e. The van der Waals surface area contributed by atoms with Crippen LogP contribution in [0.25, 0.3) is 0 Å². The van der Waals surface area contributed by atoms with Gasteiger partial charge in [0.25, 0.3) is 0 Å². The molecule has 1 aromatic rings. The molecule has 1 aliphatic rings. The number of aromatic nitrogens is 1. The second-order valence-electron chi connectivity index (χ2n) is 6.26. The molecule has 22 heavy (non-hydrogen) atoms. The lowest BCUT2D eigenvalue weighted by molar-refractivity contribution is -0.153. The number of likely N-dealkylation sites (tertiary alicyclic amines) is 1. The zero-order chi connectivity index (χ0) is 16.0. The van der Waals surface area contributed by atoms with Gasteiger partial charge in [0.1, 0.15) is 0 Å². The smallest absolute Gasteiger partial charge is 0.310 e. The highest BCUT2D eigenvalue weighted by Crippen LogP contribution is 2.35. The summed E-state index contributed by atoms with van der Waals surface area (Å²) in [5.74, 6) is -0.675. The van der Waals surface area contributed by atoms with Crippen molar-refractivity contribution in [2.45, 2.75) is 39.2 Å². The van der Waals surface area contributed by atoms with Gasteiger partial charge in [0.15, 0.2) is 0 Å². The van der Waals surface area contributed by atoms with Crippen molar-refractivity contribution in [2.24, 2.45) is 5.41 Å². The molecule has 0 saturated carbocycles. The summed E-state index contributed by atoms with van der Waals surface area (Å²) in [5, 5.41) is 9.74. The summed E-state index contributed by atoms with van der Waals surface area (Å²) < 4.78 is 5.08. The van der Waals surface area contributed by atoms with E-state index in [1.54, 1.807) is 13.3 Å². The molecular formula is C17H26N2O3. The number of piperidine rings is 1. The molecule has 0 spiro atoms. The molecule has 1 saturated heterocycles. The summed E-state index contributed by atoms with van der Waals surface area (Å²) >= 11 is 0. The molecule has 1 fully saturated rings. The number of aliphatic carboxylic acids is 1. The molecule has 2 heterocycles. The van der Waals surface area contributed by atoms with Gasteiger partial charge in [0.05, 0.1) is 11.1 Å². The van der Waals surface area contributed by atoms with Gasteiger partial charge in [-0.05, 0) is 50.8 Å². The molecule has 2 rings (SSSR count). The molecule has 0 aromatic carbocycles. The van der Waals surface area contributed by atoms with Crippen LogP contribution in [0.15, 0.2) is 18.3 Å². The van der Waals surface area contributed by atoms with Crippen LogP contribution < -0.4 is 0 Å². The first-order valence-corrected chi connectivity index (χ1v) is 7.92. The van der Waals surface area contributed by atoms with E-state index in [1.807, 2.05) is 6.07 Å². The maximum absolute atomic E-state index is 11.9. The zero-order valence-corrected chi connectivity index (χ0v) is 13.5. The molecule has 0 unspecified atom stereocenters. The highest BCUT2D eigenvalue weighted by atomic mass is 16.5. The number of carboxylic acids is 1. The summed E-state index contributed by atoms with van der Waals surface area (Å²) in [5.41, 5.74) is 1.56. The van der Waals surface area contributed by atoms with Crippen LogP contribution in [-0.2, 0) is 16.1 Å². The Hall–Kier alpha value is -1.46. The van der Waals surface area contributed by atoms with E-state index in [1.165, 1.54) is 0 Å². The standard InChI is InChI=1S/C17H26N2O3/c1-14-6-3-9-18-15(14)12-19-10-4-7-17(13-19,16(20)21)8-5-11-22-2/h3,6,9H,4-5,7-8,10-13H2,1-2H3,(H,20,21)/t17-/m1/s1. The van der Waals surface area contributed by atoms with Crippen LogP contribution in [0.1, 0.15) is 36.9 Å². The predicted molar refractivity (Wildman–Crippen MR) is 84.7 cm³/mol. The quantitative estimate of drug-likeness (QED) is 0.784. The van der Waals surface area contributed by atoms with Gasteiger partial charge < -0.3 is 9.84 Å². The Bertz CT molecular complexity index is 506. The van der Waals surface area contributed by atoms with Crippen molar-refractivity contribution < 1.29 is 14.6 Å². The van der Waals surface area contributed by atoms with Gasteiger partial charge >= 0.3 is 5.97 Å². The highest BCUT2D eigenvalue weighted by molar-refractivity contribution is 5.75. The maximum atomic E-state index is 11.9. The van der Waals surface area contributed by atoms with Gasteiger partial charge in [0, 0.05) is 33.0 Å². The van der Waals surface area contributed by atoms with E-state index < -0.39 is 11.4 Å². The van der Waals surface area contributed by atoms with E-state index in [0.29, 0.717) is 19.6 Å². The van der Waals surface area contributed by atoms with Gasteiger partial charge in [-0.2, -0.15) is 0 Å². The Labute approximate surface area is 132 Å². The molecule has 5 heteroatoms. The number of pyridine rings is 1. The third-order valence-electron chi connectivity index (χ3n) is 4.60. The lowest BCUT2D eigenvalue weighted by Crippen LogP contribution is -2.47. The second kappa shape index (κ2) is 7.70. The number of carbonyl (C=O) groups is 1. The third-order valence-corrected chi connectivity index (χ3v) is 4.60. The molecule has 5 nitrogen and oxygen atoms in total. The fourth-order valence-electron chi connectivity index (χ4n) is 3.30. The van der Waals surface area contributed by atoms with Crippen molar-refractivity contribution in [3.8, 4) is 0 Å². The number of hydrogen-bond donors (Lipinski definition) is 1. The molecule has 1 aliphatic heterocycles. The molecule has 1 aromatic heterocycles. The molecule has 122 valence electrons. The Morgan fingerprint density at radius 3 is 3.05 bits per heavy atom. The first-order chi connectivity index (χ1) is 10.6. The Morgan fingerprint density at radius 1 is 1.55 bits per heavy atom. The summed E-state index contributed by atoms with van der Waals surface area (Å²) in [6.07, 6.45) is 4.94. The average molecular weight is 306 g/mol. The van der Waals surface area contributed by atoms with Crippen LogP contribution in [0.2, 0.25) is 0 Å². The van der Waals surface area contributed by atoms with E-state index in [0.717, 1.165) is 43.6 Å². The van der Waals surface area contributed by atoms with Crippen LogP contribution in [0.3, 0.4) is 0 Å². The highest BCUT2D eigenvalue weighted by Gasteiger charge is 2.41. The molecule has 0 aliphatic carbocycles. The minimum Gasteiger partial charge on any atom is -0.481 e. The van der Waals surface area contributed by atoms with Crippen molar-refractivity contribution in [3.63, 3.8) is 0 Å². The number of carboxylic acid groups (broad SMARTS) is 1. The summed E-state index contributed by atoms with van der Waals surface area (Å²) in [4.78, 5) is 18.5. The average Bonchev–Trinajstić information content (AvgIpc) is 2.50.